The van der Waals surface area contributed by atoms with E-state index in [1.165, 1.54) is 0 Å². The van der Waals surface area contributed by atoms with Gasteiger partial charge in [0.2, 0.25) is 0 Å². The maximum Gasteiger partial charge on any atom is 0.530 e. The van der Waals surface area contributed by atoms with E-state index in [-0.39, 0.29) is 11.8 Å². The van der Waals surface area contributed by atoms with E-state index in [0.29, 0.717) is 23.0 Å². The minimum atomic E-state index is -2.09. The van der Waals surface area contributed by atoms with E-state index < -0.39 is 17.0 Å². The van der Waals surface area contributed by atoms with Crippen molar-refractivity contribution in [3.05, 3.63) is 133 Å². The molecule has 7 heteroatoms. The van der Waals surface area contributed by atoms with Gasteiger partial charge in [-0.15, -0.1) is 0 Å². The largest absolute Gasteiger partial charge is 0.530 e. The second kappa shape index (κ2) is 16.6. The van der Waals surface area contributed by atoms with Gasteiger partial charge in [0.25, 0.3) is 8.38 Å². The lowest BCUT2D eigenvalue weighted by atomic mass is 9.84. The summed E-state index contributed by atoms with van der Waals surface area (Å²) in [5.74, 6) is 3.03. The Bertz CT molecular complexity index is 2080. The molecule has 0 bridgehead atoms. The first-order chi connectivity index (χ1) is 25.0. The van der Waals surface area contributed by atoms with Gasteiger partial charge in [0.05, 0.1) is 5.30 Å². The van der Waals surface area contributed by atoms with Crippen molar-refractivity contribution in [2.45, 2.75) is 109 Å². The van der Waals surface area contributed by atoms with Gasteiger partial charge in [-0.05, 0) is 149 Å². The molecule has 0 aliphatic carbocycles. The summed E-state index contributed by atoms with van der Waals surface area (Å²) in [6, 6.07) is 22.8. The van der Waals surface area contributed by atoms with Gasteiger partial charge in [-0.25, -0.2) is 0 Å². The fourth-order valence-electron chi connectivity index (χ4n) is 6.76. The average molecular weight is 751 g/mol. The molecule has 0 aliphatic heterocycles. The van der Waals surface area contributed by atoms with Crippen molar-refractivity contribution in [3.63, 3.8) is 0 Å². The molecule has 5 nitrogen and oxygen atoms in total. The monoisotopic (exact) mass is 750 g/mol. The topological polar surface area (TPSA) is 57.2 Å². The number of hydrogen-bond acceptors (Lipinski definition) is 5. The molecule has 280 valence electrons. The fourth-order valence-corrected chi connectivity index (χ4v) is 9.45. The van der Waals surface area contributed by atoms with Gasteiger partial charge in [-0.2, -0.15) is 0 Å². The smallest absolute Gasteiger partial charge is 0.444 e. The van der Waals surface area contributed by atoms with Crippen LogP contribution in [0.5, 0.6) is 23.0 Å². The molecule has 1 unspecified atom stereocenters. The Morgan fingerprint density at radius 2 is 0.849 bits per heavy atom. The molecule has 0 aromatic heterocycles. The molecule has 0 heterocycles. The normalized spacial score (nSPS) is 12.1. The summed E-state index contributed by atoms with van der Waals surface area (Å²) in [6.45, 7) is 29.6. The quantitative estimate of drug-likeness (QED) is 0.129. The van der Waals surface area contributed by atoms with Crippen molar-refractivity contribution in [2.24, 2.45) is 0 Å². The Morgan fingerprint density at radius 3 is 1.26 bits per heavy atom. The molecule has 5 aromatic carbocycles. The van der Waals surface area contributed by atoms with Gasteiger partial charge >= 0.3 is 8.60 Å². The van der Waals surface area contributed by atoms with Crippen LogP contribution in [0.2, 0.25) is 0 Å². The zero-order valence-electron chi connectivity index (χ0n) is 34.0. The van der Waals surface area contributed by atoms with Crippen LogP contribution in [0.4, 0.5) is 0 Å². The van der Waals surface area contributed by atoms with Crippen LogP contribution in [0.1, 0.15) is 106 Å². The first-order valence-corrected chi connectivity index (χ1v) is 20.8. The molecular formula is C46H56O5P2. The zero-order valence-corrected chi connectivity index (χ0v) is 35.8. The Labute approximate surface area is 320 Å². The lowest BCUT2D eigenvalue weighted by molar-refractivity contribution is 0.384. The molecule has 0 saturated heterocycles. The predicted molar refractivity (Wildman–Crippen MR) is 225 cm³/mol. The van der Waals surface area contributed by atoms with E-state index in [2.05, 4.69) is 106 Å². The summed E-state index contributed by atoms with van der Waals surface area (Å²) in [6.07, 6.45) is 0. The van der Waals surface area contributed by atoms with Gasteiger partial charge < -0.3 is 23.0 Å². The number of hydrogen-bond donors (Lipinski definition) is 1. The van der Waals surface area contributed by atoms with E-state index in [4.69, 9.17) is 18.1 Å². The average Bonchev–Trinajstić information content (AvgIpc) is 3.07. The van der Waals surface area contributed by atoms with E-state index in [1.807, 2.05) is 57.2 Å². The minimum Gasteiger partial charge on any atom is -0.444 e. The van der Waals surface area contributed by atoms with Crippen LogP contribution in [0.3, 0.4) is 0 Å². The van der Waals surface area contributed by atoms with E-state index in [1.54, 1.807) is 0 Å². The first-order valence-electron chi connectivity index (χ1n) is 18.5. The predicted octanol–water partition coefficient (Wildman–Crippen LogP) is 13.5. The molecule has 0 spiro atoms. The summed E-state index contributed by atoms with van der Waals surface area (Å²) in [5.41, 5.74) is 14.8. The van der Waals surface area contributed by atoms with Gasteiger partial charge in [0.15, 0.2) is 0 Å². The SMILES string of the molecule is Cc1ccc(OP(Oc2ccc(C)cc2C)Oc2c(C(C)C)cc(C)c(C)c2-c2c(C)c(C)cc(C(C)C)c2P(O)Oc2ccc(C)cc2C)c(C)c1. The van der Waals surface area contributed by atoms with E-state index in [9.17, 15) is 4.89 Å². The molecule has 0 saturated carbocycles. The molecule has 0 aliphatic rings. The highest BCUT2D eigenvalue weighted by atomic mass is 31.2. The van der Waals surface area contributed by atoms with Gasteiger partial charge in [0, 0.05) is 11.1 Å². The van der Waals surface area contributed by atoms with E-state index in [0.717, 1.165) is 83.2 Å². The molecule has 0 amide bonds. The van der Waals surface area contributed by atoms with E-state index >= 15 is 0 Å². The second-order valence-corrected chi connectivity index (χ2v) is 17.4. The van der Waals surface area contributed by atoms with Crippen molar-refractivity contribution in [3.8, 4) is 34.1 Å². The molecule has 53 heavy (non-hydrogen) atoms. The molecule has 1 atom stereocenters. The summed E-state index contributed by atoms with van der Waals surface area (Å²) in [7, 11) is -4.10. The lowest BCUT2D eigenvalue weighted by Crippen LogP contribution is -2.20. The van der Waals surface area contributed by atoms with Gasteiger partial charge in [0.1, 0.15) is 23.0 Å². The third kappa shape index (κ3) is 8.92. The highest BCUT2D eigenvalue weighted by Gasteiger charge is 2.33. The van der Waals surface area contributed by atoms with Crippen molar-refractivity contribution >= 4 is 22.3 Å². The second-order valence-electron chi connectivity index (χ2n) is 15.2. The fraction of sp³-hybridized carbons (Fsp3) is 0.348. The molecule has 5 aromatic rings. The van der Waals surface area contributed by atoms with Crippen LogP contribution in [0.15, 0.2) is 66.7 Å². The van der Waals surface area contributed by atoms with Crippen LogP contribution in [0.25, 0.3) is 11.1 Å². The van der Waals surface area contributed by atoms with Crippen LogP contribution in [-0.4, -0.2) is 4.89 Å². The first kappa shape index (κ1) is 40.3. The van der Waals surface area contributed by atoms with Crippen LogP contribution >= 0.6 is 17.0 Å². The summed E-state index contributed by atoms with van der Waals surface area (Å²) in [4.78, 5) is 12.3. The highest BCUT2D eigenvalue weighted by Crippen LogP contribution is 2.53. The Hall–Kier alpha value is -3.88. The highest BCUT2D eigenvalue weighted by molar-refractivity contribution is 7.56. The van der Waals surface area contributed by atoms with Crippen LogP contribution < -0.4 is 23.4 Å². The number of benzene rings is 5. The van der Waals surface area contributed by atoms with Gasteiger partial charge in [-0.1, -0.05) is 92.9 Å². The molecule has 5 rings (SSSR count). The molecular weight excluding hydrogens is 694 g/mol. The molecule has 0 radical (unpaired) electrons. The summed E-state index contributed by atoms with van der Waals surface area (Å²) >= 11 is 0. The van der Waals surface area contributed by atoms with Crippen molar-refractivity contribution in [2.75, 3.05) is 0 Å². The van der Waals surface area contributed by atoms with Crippen molar-refractivity contribution in [1.82, 2.24) is 0 Å². The standard InChI is InChI=1S/C46H56O5P2/c1-26(2)38-24-31(8)36(13)43(44-37(14)32(9)25-39(27(3)4)46(44)52(47)48-40-18-15-28(5)21-33(40)10)45(38)51-53(49-41-19-16-29(6)22-34(41)11)50-42-20-17-30(7)23-35(42)12/h15-27,47H,1-14H3. The van der Waals surface area contributed by atoms with Gasteiger partial charge in [-0.3, -0.25) is 0 Å². The number of aryl methyl sites for hydroxylation is 8. The Morgan fingerprint density at radius 1 is 0.453 bits per heavy atom. The summed E-state index contributed by atoms with van der Waals surface area (Å²) < 4.78 is 27.2. The third-order valence-corrected chi connectivity index (χ3v) is 12.3. The maximum absolute atomic E-state index is 12.3. The Kier molecular flexibility index (Phi) is 12.7. The molecule has 0 fully saturated rings. The van der Waals surface area contributed by atoms with Crippen LogP contribution in [-0.2, 0) is 0 Å². The van der Waals surface area contributed by atoms with Crippen LogP contribution in [0, 0.1) is 69.2 Å². The summed E-state index contributed by atoms with van der Waals surface area (Å²) in [5, 5.41) is 0.807. The van der Waals surface area contributed by atoms with Crippen molar-refractivity contribution < 1.29 is 23.0 Å². The Balaban J connectivity index is 1.79. The van der Waals surface area contributed by atoms with Crippen molar-refractivity contribution in [1.29, 1.82) is 0 Å². The third-order valence-electron chi connectivity index (χ3n) is 10.0. The minimum absolute atomic E-state index is 0.113. The maximum atomic E-state index is 12.3. The zero-order chi connectivity index (χ0) is 38.9. The molecule has 1 N–H and O–H groups in total. The number of rotatable bonds is 12. The lowest BCUT2D eigenvalue weighted by Gasteiger charge is -2.29.